The molecule has 33 heavy (non-hydrogen) atoms. The van der Waals surface area contributed by atoms with Crippen molar-refractivity contribution in [3.63, 3.8) is 0 Å². The Morgan fingerprint density at radius 3 is 2.48 bits per heavy atom. The summed E-state index contributed by atoms with van der Waals surface area (Å²) in [5.41, 5.74) is 3.24. The fourth-order valence-corrected chi connectivity index (χ4v) is 4.31. The van der Waals surface area contributed by atoms with Gasteiger partial charge in [-0.15, -0.1) is 0 Å². The van der Waals surface area contributed by atoms with Crippen molar-refractivity contribution in [2.24, 2.45) is 0 Å². The van der Waals surface area contributed by atoms with Crippen LogP contribution >= 0.6 is 39.1 Å². The smallest absolute Gasteiger partial charge is 0.273 e. The van der Waals surface area contributed by atoms with E-state index in [4.69, 9.17) is 23.2 Å². The molecule has 8 heteroatoms. The number of hydrogen-bond donors (Lipinski definition) is 1. The lowest BCUT2D eigenvalue weighted by molar-refractivity contribution is -0.122. The summed E-state index contributed by atoms with van der Waals surface area (Å²) in [6.45, 7) is 1.75. The fourth-order valence-electron chi connectivity index (χ4n) is 3.56. The average molecular weight is 544 g/mol. The SMILES string of the molecule is Cc1ccc(Cl)cc1N1C(=O)NC(=O)/C(=C\c2cc(Br)ccc2Cc2ccccc2Cl)C1=O. The van der Waals surface area contributed by atoms with Gasteiger partial charge in [0.25, 0.3) is 11.8 Å². The van der Waals surface area contributed by atoms with Crippen LogP contribution in [0.25, 0.3) is 6.08 Å². The summed E-state index contributed by atoms with van der Waals surface area (Å²) in [4.78, 5) is 39.5. The van der Waals surface area contributed by atoms with Crippen molar-refractivity contribution in [3.8, 4) is 0 Å². The van der Waals surface area contributed by atoms with Gasteiger partial charge in [-0.2, -0.15) is 0 Å². The first-order valence-electron chi connectivity index (χ1n) is 9.94. The molecule has 0 radical (unpaired) electrons. The number of benzene rings is 3. The number of carbonyl (C=O) groups excluding carboxylic acids is 3. The van der Waals surface area contributed by atoms with Crippen LogP contribution in [0.3, 0.4) is 0 Å². The van der Waals surface area contributed by atoms with Crippen LogP contribution in [0.1, 0.15) is 22.3 Å². The lowest BCUT2D eigenvalue weighted by atomic mass is 9.97. The quantitative estimate of drug-likeness (QED) is 0.309. The van der Waals surface area contributed by atoms with Crippen LogP contribution in [0.4, 0.5) is 10.5 Å². The van der Waals surface area contributed by atoms with E-state index in [2.05, 4.69) is 21.2 Å². The molecule has 1 aliphatic heterocycles. The normalized spacial score (nSPS) is 15.2. The molecular weight excluding hydrogens is 527 g/mol. The summed E-state index contributed by atoms with van der Waals surface area (Å²) in [5.74, 6) is -1.48. The Labute approximate surface area is 209 Å². The third-order valence-corrected chi connectivity index (χ3v) is 6.36. The van der Waals surface area contributed by atoms with E-state index < -0.39 is 17.8 Å². The summed E-state index contributed by atoms with van der Waals surface area (Å²) in [5, 5.41) is 3.24. The van der Waals surface area contributed by atoms with E-state index in [1.807, 2.05) is 42.5 Å². The molecule has 0 spiro atoms. The number of barbiturate groups is 1. The van der Waals surface area contributed by atoms with Gasteiger partial charge < -0.3 is 0 Å². The molecule has 1 aliphatic rings. The van der Waals surface area contributed by atoms with E-state index in [1.165, 1.54) is 12.1 Å². The number of carbonyl (C=O) groups is 3. The maximum Gasteiger partial charge on any atom is 0.335 e. The minimum atomic E-state index is -0.821. The van der Waals surface area contributed by atoms with Gasteiger partial charge in [-0.1, -0.05) is 69.5 Å². The lowest BCUT2D eigenvalue weighted by Gasteiger charge is -2.27. The van der Waals surface area contributed by atoms with E-state index in [-0.39, 0.29) is 5.57 Å². The zero-order valence-electron chi connectivity index (χ0n) is 17.4. The van der Waals surface area contributed by atoms with Gasteiger partial charge in [0.15, 0.2) is 0 Å². The highest BCUT2D eigenvalue weighted by molar-refractivity contribution is 9.10. The standard InChI is InChI=1S/C25H17BrCl2N2O3/c1-14-6-9-19(27)13-22(14)30-24(32)20(23(31)29-25(30)33)12-17-11-18(26)8-7-15(17)10-16-4-2-3-5-21(16)28/h2-9,11-13H,10H2,1H3,(H,29,31,33)/b20-12+. The number of nitrogens with one attached hydrogen (secondary N) is 1. The maximum atomic E-state index is 13.3. The molecule has 0 saturated carbocycles. The Morgan fingerprint density at radius 1 is 0.970 bits per heavy atom. The third kappa shape index (κ3) is 4.88. The van der Waals surface area contributed by atoms with Gasteiger partial charge >= 0.3 is 6.03 Å². The molecule has 0 aromatic heterocycles. The number of rotatable bonds is 4. The van der Waals surface area contributed by atoms with Gasteiger partial charge in [0.2, 0.25) is 0 Å². The molecule has 4 amide bonds. The summed E-state index contributed by atoms with van der Waals surface area (Å²) < 4.78 is 0.777. The van der Waals surface area contributed by atoms with Crippen molar-refractivity contribution in [2.45, 2.75) is 13.3 Å². The number of halogens is 3. The first-order valence-corrected chi connectivity index (χ1v) is 11.5. The fraction of sp³-hybridized carbons (Fsp3) is 0.0800. The molecule has 1 N–H and O–H groups in total. The van der Waals surface area contributed by atoms with Crippen molar-refractivity contribution < 1.29 is 14.4 Å². The molecule has 3 aromatic carbocycles. The van der Waals surface area contributed by atoms with Crippen LogP contribution in [0, 0.1) is 6.92 Å². The zero-order chi connectivity index (χ0) is 23.7. The van der Waals surface area contributed by atoms with Gasteiger partial charge in [-0.25, -0.2) is 9.69 Å². The molecule has 1 heterocycles. The number of amides is 4. The first kappa shape index (κ1) is 23.2. The number of hydrogen-bond acceptors (Lipinski definition) is 3. The zero-order valence-corrected chi connectivity index (χ0v) is 20.5. The Balaban J connectivity index is 1.78. The van der Waals surface area contributed by atoms with Crippen LogP contribution in [0.15, 0.2) is 70.7 Å². The van der Waals surface area contributed by atoms with E-state index in [9.17, 15) is 14.4 Å². The van der Waals surface area contributed by atoms with Crippen molar-refractivity contribution in [1.82, 2.24) is 5.32 Å². The molecule has 166 valence electrons. The number of urea groups is 1. The molecule has 1 saturated heterocycles. The molecular formula is C25H17BrCl2N2O3. The predicted molar refractivity (Wildman–Crippen MR) is 134 cm³/mol. The molecule has 0 unspecified atom stereocenters. The summed E-state index contributed by atoms with van der Waals surface area (Å²) >= 11 is 15.9. The predicted octanol–water partition coefficient (Wildman–Crippen LogP) is 6.32. The maximum absolute atomic E-state index is 13.3. The lowest BCUT2D eigenvalue weighted by Crippen LogP contribution is -2.54. The molecule has 4 rings (SSSR count). The Morgan fingerprint density at radius 2 is 1.73 bits per heavy atom. The highest BCUT2D eigenvalue weighted by Crippen LogP contribution is 2.30. The largest absolute Gasteiger partial charge is 0.335 e. The van der Waals surface area contributed by atoms with Crippen molar-refractivity contribution in [3.05, 3.63) is 103 Å². The number of anilines is 1. The van der Waals surface area contributed by atoms with Gasteiger partial charge in [-0.3, -0.25) is 14.9 Å². The second-order valence-electron chi connectivity index (χ2n) is 7.50. The van der Waals surface area contributed by atoms with E-state index >= 15 is 0 Å². The van der Waals surface area contributed by atoms with Gasteiger partial charge in [0, 0.05) is 14.5 Å². The summed E-state index contributed by atoms with van der Waals surface area (Å²) in [6.07, 6.45) is 1.99. The average Bonchev–Trinajstić information content (AvgIpc) is 2.76. The molecule has 3 aromatic rings. The van der Waals surface area contributed by atoms with E-state index in [0.29, 0.717) is 33.3 Å². The molecule has 0 atom stereocenters. The van der Waals surface area contributed by atoms with Gasteiger partial charge in [0.05, 0.1) is 5.69 Å². The van der Waals surface area contributed by atoms with E-state index in [1.54, 1.807) is 19.1 Å². The van der Waals surface area contributed by atoms with Crippen molar-refractivity contribution >= 4 is 68.7 Å². The molecule has 0 aliphatic carbocycles. The van der Waals surface area contributed by atoms with Gasteiger partial charge in [-0.05, 0) is 72.0 Å². The number of imide groups is 2. The van der Waals surface area contributed by atoms with E-state index in [0.717, 1.165) is 20.5 Å². The summed E-state index contributed by atoms with van der Waals surface area (Å²) in [6, 6.07) is 17.1. The van der Waals surface area contributed by atoms with Crippen molar-refractivity contribution in [1.29, 1.82) is 0 Å². The minimum absolute atomic E-state index is 0.160. The highest BCUT2D eigenvalue weighted by Gasteiger charge is 2.37. The Bertz CT molecular complexity index is 1340. The third-order valence-electron chi connectivity index (χ3n) is 5.26. The number of nitrogens with zero attached hydrogens (tertiary/aromatic N) is 1. The second-order valence-corrected chi connectivity index (χ2v) is 9.26. The van der Waals surface area contributed by atoms with Crippen LogP contribution in [-0.2, 0) is 16.0 Å². The highest BCUT2D eigenvalue weighted by atomic mass is 79.9. The Hall–Kier alpha value is -2.93. The summed E-state index contributed by atoms with van der Waals surface area (Å²) in [7, 11) is 0. The van der Waals surface area contributed by atoms with Crippen LogP contribution in [0.2, 0.25) is 10.0 Å². The van der Waals surface area contributed by atoms with Crippen LogP contribution in [0.5, 0.6) is 0 Å². The second kappa shape index (κ2) is 9.51. The van der Waals surface area contributed by atoms with Crippen molar-refractivity contribution in [2.75, 3.05) is 4.90 Å². The first-order chi connectivity index (χ1) is 15.7. The number of aryl methyl sites for hydroxylation is 1. The van der Waals surface area contributed by atoms with Gasteiger partial charge in [0.1, 0.15) is 5.57 Å². The molecule has 0 bridgehead atoms. The molecule has 5 nitrogen and oxygen atoms in total. The Kier molecular flexibility index (Phi) is 6.70. The topological polar surface area (TPSA) is 66.5 Å². The van der Waals surface area contributed by atoms with Crippen LogP contribution < -0.4 is 10.2 Å². The minimum Gasteiger partial charge on any atom is -0.273 e. The monoisotopic (exact) mass is 542 g/mol. The molecule has 1 fully saturated rings. The van der Waals surface area contributed by atoms with Crippen LogP contribution in [-0.4, -0.2) is 17.8 Å².